The molecule has 2 aliphatic rings. The Morgan fingerprint density at radius 2 is 0.974 bits per heavy atom. The van der Waals surface area contributed by atoms with Gasteiger partial charge >= 0.3 is 0 Å². The van der Waals surface area contributed by atoms with Crippen molar-refractivity contribution in [3.8, 4) is 44.5 Å². The minimum atomic E-state index is 0.192. The molecule has 0 amide bonds. The van der Waals surface area contributed by atoms with Crippen molar-refractivity contribution < 1.29 is 0 Å². The average molecular weight is 493 g/mol. The fourth-order valence-electron chi connectivity index (χ4n) is 6.77. The van der Waals surface area contributed by atoms with Gasteiger partial charge in [-0.2, -0.15) is 0 Å². The van der Waals surface area contributed by atoms with Gasteiger partial charge in [-0.15, -0.1) is 0 Å². The Morgan fingerprint density at radius 1 is 0.526 bits per heavy atom. The molecule has 0 saturated carbocycles. The fourth-order valence-corrected chi connectivity index (χ4v) is 6.77. The predicted molar refractivity (Wildman–Crippen MR) is 162 cm³/mol. The number of hydrogen-bond donors (Lipinski definition) is 0. The molecule has 0 spiro atoms. The van der Waals surface area contributed by atoms with Crippen LogP contribution in [-0.2, 0) is 0 Å². The van der Waals surface area contributed by atoms with E-state index in [2.05, 4.69) is 147 Å². The molecule has 0 fully saturated rings. The number of anilines is 3. The molecule has 0 unspecified atom stereocenters. The highest BCUT2D eigenvalue weighted by molar-refractivity contribution is 6.08. The molecule has 7 rings (SSSR count). The van der Waals surface area contributed by atoms with Gasteiger partial charge in [0.15, 0.2) is 0 Å². The van der Waals surface area contributed by atoms with Gasteiger partial charge in [0.25, 0.3) is 0 Å². The summed E-state index contributed by atoms with van der Waals surface area (Å²) < 4.78 is 0. The zero-order chi connectivity index (χ0) is 26.0. The molecule has 0 radical (unpaired) electrons. The van der Waals surface area contributed by atoms with Crippen molar-refractivity contribution in [3.63, 3.8) is 0 Å². The van der Waals surface area contributed by atoms with Gasteiger partial charge in [-0.25, -0.2) is 0 Å². The van der Waals surface area contributed by atoms with Gasteiger partial charge in [-0.3, -0.25) is 0 Å². The summed E-state index contributed by atoms with van der Waals surface area (Å²) in [6.45, 7) is 9.20. The van der Waals surface area contributed by atoms with Crippen molar-refractivity contribution in [2.24, 2.45) is 0 Å². The second-order valence-electron chi connectivity index (χ2n) is 10.8. The molecule has 5 aromatic carbocycles. The molecule has 0 N–H and O–H groups in total. The fraction of sp³-hybridized carbons (Fsp3) is 0.167. The Hall–Kier alpha value is -4.30. The first-order valence-corrected chi connectivity index (χ1v) is 13.6. The maximum absolute atomic E-state index is 2.58. The van der Waals surface area contributed by atoms with Gasteiger partial charge in [0.1, 0.15) is 6.17 Å². The normalized spacial score (nSPS) is 15.2. The van der Waals surface area contributed by atoms with Crippen molar-refractivity contribution >= 4 is 17.1 Å². The van der Waals surface area contributed by atoms with E-state index in [0.717, 1.165) is 0 Å². The lowest BCUT2D eigenvalue weighted by atomic mass is 9.79. The second kappa shape index (κ2) is 8.63. The molecular formula is C36H32N2. The summed E-state index contributed by atoms with van der Waals surface area (Å²) in [6.07, 6.45) is 0.192. The Labute approximate surface area is 225 Å². The maximum atomic E-state index is 2.58. The molecule has 0 bridgehead atoms. The molecule has 1 heterocycles. The molecular weight excluding hydrogens is 460 g/mol. The summed E-state index contributed by atoms with van der Waals surface area (Å²) in [6, 6.07) is 40.7. The van der Waals surface area contributed by atoms with E-state index in [0.29, 0.717) is 6.04 Å². The van der Waals surface area contributed by atoms with Crippen molar-refractivity contribution in [1.29, 1.82) is 0 Å². The van der Waals surface area contributed by atoms with Crippen molar-refractivity contribution in [2.45, 2.75) is 39.9 Å². The smallest absolute Gasteiger partial charge is 0.104 e. The van der Waals surface area contributed by atoms with Crippen LogP contribution in [-0.4, -0.2) is 12.2 Å². The summed E-state index contributed by atoms with van der Waals surface area (Å²) in [5.41, 5.74) is 15.5. The third kappa shape index (κ3) is 3.20. The summed E-state index contributed by atoms with van der Waals surface area (Å²) in [5.74, 6) is 0. The number of rotatable bonds is 2. The number of aryl methyl sites for hydroxylation is 1. The number of benzene rings is 5. The molecule has 0 aromatic heterocycles. The minimum Gasteiger partial charge on any atom is -0.347 e. The van der Waals surface area contributed by atoms with E-state index < -0.39 is 0 Å². The van der Waals surface area contributed by atoms with Gasteiger partial charge in [-0.1, -0.05) is 97.1 Å². The topological polar surface area (TPSA) is 6.48 Å². The highest BCUT2D eigenvalue weighted by Gasteiger charge is 2.38. The summed E-state index contributed by atoms with van der Waals surface area (Å²) in [4.78, 5) is 5.13. The highest BCUT2D eigenvalue weighted by atomic mass is 15.4. The Morgan fingerprint density at radius 3 is 1.53 bits per heavy atom. The summed E-state index contributed by atoms with van der Waals surface area (Å²) in [7, 11) is 0. The van der Waals surface area contributed by atoms with Gasteiger partial charge in [0, 0.05) is 11.6 Å². The van der Waals surface area contributed by atoms with Crippen LogP contribution in [0.3, 0.4) is 0 Å². The number of para-hydroxylation sites is 2. The zero-order valence-corrected chi connectivity index (χ0v) is 22.4. The predicted octanol–water partition coefficient (Wildman–Crippen LogP) is 9.69. The molecule has 1 atom stereocenters. The molecule has 2 nitrogen and oxygen atoms in total. The van der Waals surface area contributed by atoms with Crippen LogP contribution in [0.4, 0.5) is 17.1 Å². The van der Waals surface area contributed by atoms with Crippen LogP contribution in [0.2, 0.25) is 0 Å². The van der Waals surface area contributed by atoms with E-state index >= 15 is 0 Å². The van der Waals surface area contributed by atoms with Crippen LogP contribution >= 0.6 is 0 Å². The van der Waals surface area contributed by atoms with Crippen LogP contribution in [0.5, 0.6) is 0 Å². The SMILES string of the molecule is Cc1ccc2c(c1N1c3ccccc3N(C(C)C)[C@@H]1C)-c1ccccc1-c1ccccc1-c1ccccc1-2. The number of nitrogens with zero attached hydrogens (tertiary/aromatic N) is 2. The molecule has 5 aromatic rings. The third-order valence-electron chi connectivity index (χ3n) is 8.29. The van der Waals surface area contributed by atoms with E-state index in [1.54, 1.807) is 0 Å². The number of hydrogen-bond acceptors (Lipinski definition) is 2. The van der Waals surface area contributed by atoms with Crippen LogP contribution in [0.1, 0.15) is 26.3 Å². The lowest BCUT2D eigenvalue weighted by Crippen LogP contribution is -2.42. The monoisotopic (exact) mass is 492 g/mol. The van der Waals surface area contributed by atoms with E-state index in [9.17, 15) is 0 Å². The summed E-state index contributed by atoms with van der Waals surface area (Å²) >= 11 is 0. The standard InChI is InChI=1S/C36H32N2/c1-23(2)37-25(4)38(34-20-12-11-19-33(34)37)36-24(3)21-22-32-30-17-8-7-15-28(30)26-13-5-6-14-27(26)29-16-9-10-18-31(29)35(32)36/h5-23,25H,1-4H3/t25-/m0/s1. The van der Waals surface area contributed by atoms with Crippen LogP contribution in [0.25, 0.3) is 44.5 Å². The maximum Gasteiger partial charge on any atom is 0.104 e. The Balaban J connectivity index is 1.62. The molecule has 0 saturated heterocycles. The Bertz CT molecular complexity index is 1690. The van der Waals surface area contributed by atoms with Crippen LogP contribution in [0.15, 0.2) is 109 Å². The lowest BCUT2D eigenvalue weighted by Gasteiger charge is -2.36. The van der Waals surface area contributed by atoms with E-state index in [-0.39, 0.29) is 6.17 Å². The molecule has 1 aliphatic heterocycles. The van der Waals surface area contributed by atoms with Crippen molar-refractivity contribution in [2.75, 3.05) is 9.80 Å². The first kappa shape index (κ1) is 22.9. The minimum absolute atomic E-state index is 0.192. The van der Waals surface area contributed by atoms with Gasteiger partial charge in [0.2, 0.25) is 0 Å². The van der Waals surface area contributed by atoms with Crippen molar-refractivity contribution in [3.05, 3.63) is 115 Å². The third-order valence-corrected chi connectivity index (χ3v) is 8.29. The van der Waals surface area contributed by atoms with E-state index in [4.69, 9.17) is 0 Å². The average Bonchev–Trinajstić information content (AvgIpc) is 3.24. The van der Waals surface area contributed by atoms with Crippen LogP contribution in [0, 0.1) is 6.92 Å². The van der Waals surface area contributed by atoms with Gasteiger partial charge < -0.3 is 9.80 Å². The largest absolute Gasteiger partial charge is 0.347 e. The summed E-state index contributed by atoms with van der Waals surface area (Å²) in [5, 5.41) is 0. The molecule has 186 valence electrons. The second-order valence-corrected chi connectivity index (χ2v) is 10.8. The first-order chi connectivity index (χ1) is 18.6. The lowest BCUT2D eigenvalue weighted by molar-refractivity contribution is 0.606. The Kier molecular flexibility index (Phi) is 5.19. The van der Waals surface area contributed by atoms with Crippen LogP contribution < -0.4 is 9.80 Å². The highest BCUT2D eigenvalue weighted by Crippen LogP contribution is 2.55. The van der Waals surface area contributed by atoms with E-state index in [1.165, 1.54) is 67.1 Å². The van der Waals surface area contributed by atoms with Gasteiger partial charge in [0.05, 0.1) is 17.1 Å². The van der Waals surface area contributed by atoms with E-state index in [1.807, 2.05) is 0 Å². The molecule has 38 heavy (non-hydrogen) atoms. The molecule has 1 aliphatic carbocycles. The first-order valence-electron chi connectivity index (χ1n) is 13.6. The zero-order valence-electron chi connectivity index (χ0n) is 22.4. The number of fused-ring (bicyclic) bond motifs is 9. The van der Waals surface area contributed by atoms with Gasteiger partial charge in [-0.05, 0) is 84.3 Å². The quantitative estimate of drug-likeness (QED) is 0.237. The van der Waals surface area contributed by atoms with Crippen molar-refractivity contribution in [1.82, 2.24) is 0 Å². The molecule has 2 heteroatoms.